The maximum atomic E-state index is 9.80. The molecule has 0 aliphatic heterocycles. The van der Waals surface area contributed by atoms with E-state index in [1.54, 1.807) is 0 Å². The Labute approximate surface area is 124 Å². The van der Waals surface area contributed by atoms with Gasteiger partial charge in [-0.25, -0.2) is 0 Å². The molecule has 1 aliphatic rings. The summed E-state index contributed by atoms with van der Waals surface area (Å²) >= 11 is 3.45. The van der Waals surface area contributed by atoms with Gasteiger partial charge in [0.1, 0.15) is 0 Å². The van der Waals surface area contributed by atoms with Crippen LogP contribution in [0.3, 0.4) is 0 Å². The van der Waals surface area contributed by atoms with Gasteiger partial charge in [0.2, 0.25) is 0 Å². The third kappa shape index (κ3) is 3.96. The fraction of sp³-hybridized carbons (Fsp3) is 0.625. The van der Waals surface area contributed by atoms with Gasteiger partial charge < -0.3 is 10.4 Å². The van der Waals surface area contributed by atoms with Gasteiger partial charge in [-0.15, -0.1) is 0 Å². The molecule has 0 spiro atoms. The fourth-order valence-electron chi connectivity index (χ4n) is 3.09. The van der Waals surface area contributed by atoms with Crippen LogP contribution < -0.4 is 5.32 Å². The second-order valence-corrected chi connectivity index (χ2v) is 6.72. The highest BCUT2D eigenvalue weighted by Crippen LogP contribution is 2.36. The number of rotatable bonds is 5. The summed E-state index contributed by atoms with van der Waals surface area (Å²) in [5.74, 6) is 0.858. The molecule has 3 heteroatoms. The molecule has 19 heavy (non-hydrogen) atoms. The number of hydrogen-bond acceptors (Lipinski definition) is 2. The predicted molar refractivity (Wildman–Crippen MR) is 84.4 cm³/mol. The van der Waals surface area contributed by atoms with Crippen LogP contribution in [-0.4, -0.2) is 17.3 Å². The Balaban J connectivity index is 1.98. The second-order valence-electron chi connectivity index (χ2n) is 5.80. The van der Waals surface area contributed by atoms with E-state index >= 15 is 0 Å². The molecule has 2 N–H and O–H groups in total. The third-order valence-corrected chi connectivity index (χ3v) is 4.84. The molecule has 2 rings (SSSR count). The summed E-state index contributed by atoms with van der Waals surface area (Å²) in [5.41, 5.74) is 0.990. The van der Waals surface area contributed by atoms with Gasteiger partial charge in [-0.2, -0.15) is 0 Å². The highest BCUT2D eigenvalue weighted by atomic mass is 79.9. The van der Waals surface area contributed by atoms with E-state index in [0.29, 0.717) is 0 Å². The van der Waals surface area contributed by atoms with Crippen molar-refractivity contribution in [1.29, 1.82) is 0 Å². The number of anilines is 1. The Kier molecular flexibility index (Phi) is 5.28. The Bertz CT molecular complexity index is 382. The average molecular weight is 326 g/mol. The zero-order valence-electron chi connectivity index (χ0n) is 11.7. The fourth-order valence-corrected chi connectivity index (χ4v) is 3.35. The molecule has 2 nitrogen and oxygen atoms in total. The average Bonchev–Trinajstić information content (AvgIpc) is 2.44. The van der Waals surface area contributed by atoms with Crippen molar-refractivity contribution in [3.8, 4) is 0 Å². The Hall–Kier alpha value is -0.540. The zero-order chi connectivity index (χ0) is 13.7. The lowest BCUT2D eigenvalue weighted by molar-refractivity contribution is 0.148. The van der Waals surface area contributed by atoms with E-state index in [2.05, 4.69) is 40.3 Å². The molecule has 1 aromatic rings. The maximum Gasteiger partial charge on any atom is 0.0661 e. The molecule has 0 aromatic heterocycles. The number of halogens is 1. The van der Waals surface area contributed by atoms with Gasteiger partial charge in [0, 0.05) is 10.2 Å². The number of aliphatic hydroxyl groups excluding tert-OH is 1. The van der Waals surface area contributed by atoms with Crippen molar-refractivity contribution in [3.63, 3.8) is 0 Å². The van der Waals surface area contributed by atoms with Crippen molar-refractivity contribution in [2.24, 2.45) is 5.92 Å². The minimum atomic E-state index is -0.113. The first-order chi connectivity index (χ1) is 9.17. The highest BCUT2D eigenvalue weighted by Gasteiger charge is 2.34. The van der Waals surface area contributed by atoms with Crippen molar-refractivity contribution < 1.29 is 5.11 Å². The molecule has 106 valence electrons. The maximum absolute atomic E-state index is 9.80. The summed E-state index contributed by atoms with van der Waals surface area (Å²) in [6, 6.07) is 8.21. The molecular weight excluding hydrogens is 302 g/mol. The summed E-state index contributed by atoms with van der Waals surface area (Å²) in [7, 11) is 0. The minimum Gasteiger partial charge on any atom is -0.394 e. The van der Waals surface area contributed by atoms with Crippen LogP contribution in [0.1, 0.15) is 45.4 Å². The number of nitrogens with one attached hydrogen (secondary N) is 1. The minimum absolute atomic E-state index is 0.113. The first-order valence-corrected chi connectivity index (χ1v) is 8.11. The second kappa shape index (κ2) is 6.76. The molecule has 1 fully saturated rings. The van der Waals surface area contributed by atoms with Crippen LogP contribution in [0, 0.1) is 5.92 Å². The van der Waals surface area contributed by atoms with Gasteiger partial charge in [-0.3, -0.25) is 0 Å². The van der Waals surface area contributed by atoms with Gasteiger partial charge in [-0.1, -0.05) is 35.7 Å². The number of aliphatic hydroxyl groups is 1. The van der Waals surface area contributed by atoms with Crippen LogP contribution in [0.4, 0.5) is 5.69 Å². The first-order valence-electron chi connectivity index (χ1n) is 7.32. The predicted octanol–water partition coefficient (Wildman–Crippen LogP) is 4.58. The molecule has 0 radical (unpaired) electrons. The lowest BCUT2D eigenvalue weighted by atomic mass is 9.75. The van der Waals surface area contributed by atoms with Gasteiger partial charge in [-0.05, 0) is 55.9 Å². The summed E-state index contributed by atoms with van der Waals surface area (Å²) in [6.07, 6.45) is 7.22. The molecular formula is C16H24BrNO. The Morgan fingerprint density at radius 2 is 1.89 bits per heavy atom. The molecule has 0 unspecified atom stereocenters. The standard InChI is InChI=1S/C16H24BrNO/c1-2-3-13-8-10-16(12-19,11-9-13)18-15-6-4-14(17)5-7-15/h4-7,13,18-19H,2-3,8-12H2,1H3. The van der Waals surface area contributed by atoms with E-state index in [0.717, 1.165) is 28.9 Å². The lowest BCUT2D eigenvalue weighted by Crippen LogP contribution is -2.45. The monoisotopic (exact) mass is 325 g/mol. The molecule has 0 atom stereocenters. The van der Waals surface area contributed by atoms with Crippen LogP contribution in [0.15, 0.2) is 28.7 Å². The number of hydrogen-bond donors (Lipinski definition) is 2. The Morgan fingerprint density at radius 3 is 2.42 bits per heavy atom. The van der Waals surface area contributed by atoms with Crippen molar-refractivity contribution in [3.05, 3.63) is 28.7 Å². The van der Waals surface area contributed by atoms with Crippen LogP contribution in [0.5, 0.6) is 0 Å². The van der Waals surface area contributed by atoms with E-state index in [1.807, 2.05) is 12.1 Å². The van der Waals surface area contributed by atoms with Gasteiger partial charge in [0.05, 0.1) is 12.1 Å². The molecule has 0 saturated heterocycles. The van der Waals surface area contributed by atoms with Gasteiger partial charge >= 0.3 is 0 Å². The smallest absolute Gasteiger partial charge is 0.0661 e. The first kappa shape index (κ1) is 14.9. The van der Waals surface area contributed by atoms with Crippen LogP contribution >= 0.6 is 15.9 Å². The largest absolute Gasteiger partial charge is 0.394 e. The summed E-state index contributed by atoms with van der Waals surface area (Å²) in [4.78, 5) is 0. The summed E-state index contributed by atoms with van der Waals surface area (Å²) < 4.78 is 1.09. The topological polar surface area (TPSA) is 32.3 Å². The molecule has 0 bridgehead atoms. The van der Waals surface area contributed by atoms with E-state index in [4.69, 9.17) is 0 Å². The molecule has 0 heterocycles. The van der Waals surface area contributed by atoms with E-state index in [-0.39, 0.29) is 12.1 Å². The van der Waals surface area contributed by atoms with Gasteiger partial charge in [0.25, 0.3) is 0 Å². The van der Waals surface area contributed by atoms with E-state index in [9.17, 15) is 5.11 Å². The van der Waals surface area contributed by atoms with Crippen LogP contribution in [-0.2, 0) is 0 Å². The SMILES string of the molecule is CCCC1CCC(CO)(Nc2ccc(Br)cc2)CC1. The van der Waals surface area contributed by atoms with E-state index < -0.39 is 0 Å². The van der Waals surface area contributed by atoms with E-state index in [1.165, 1.54) is 25.7 Å². The van der Waals surface area contributed by atoms with Crippen molar-refractivity contribution in [2.45, 2.75) is 51.0 Å². The molecule has 1 aliphatic carbocycles. The zero-order valence-corrected chi connectivity index (χ0v) is 13.2. The third-order valence-electron chi connectivity index (χ3n) is 4.32. The molecule has 1 aromatic carbocycles. The van der Waals surface area contributed by atoms with Crippen molar-refractivity contribution >= 4 is 21.6 Å². The van der Waals surface area contributed by atoms with Crippen molar-refractivity contribution in [2.75, 3.05) is 11.9 Å². The molecule has 1 saturated carbocycles. The van der Waals surface area contributed by atoms with Crippen molar-refractivity contribution in [1.82, 2.24) is 0 Å². The highest BCUT2D eigenvalue weighted by molar-refractivity contribution is 9.10. The molecule has 0 amide bonds. The summed E-state index contributed by atoms with van der Waals surface area (Å²) in [5, 5.41) is 13.4. The Morgan fingerprint density at radius 1 is 1.26 bits per heavy atom. The summed E-state index contributed by atoms with van der Waals surface area (Å²) in [6.45, 7) is 2.48. The van der Waals surface area contributed by atoms with Crippen LogP contribution in [0.25, 0.3) is 0 Å². The van der Waals surface area contributed by atoms with Crippen LogP contribution in [0.2, 0.25) is 0 Å². The number of benzene rings is 1. The van der Waals surface area contributed by atoms with Gasteiger partial charge in [0.15, 0.2) is 0 Å². The lowest BCUT2D eigenvalue weighted by Gasteiger charge is -2.40. The quantitative estimate of drug-likeness (QED) is 0.830. The normalized spacial score (nSPS) is 27.2.